The van der Waals surface area contributed by atoms with Crippen molar-refractivity contribution >= 4 is 57.6 Å². The molecule has 0 fully saturated rings. The standard InChI is InChI=1S/C13H12S3Si/c1-17(11-2-5-14-8-11,12-3-6-15-9-12)13-4-7-16-10-13/h2-10H,1H3. The molecule has 0 nitrogen and oxygen atoms in total. The summed E-state index contributed by atoms with van der Waals surface area (Å²) in [7, 11) is -1.69. The molecule has 3 heterocycles. The highest BCUT2D eigenvalue weighted by atomic mass is 32.1. The Kier molecular flexibility index (Phi) is 3.04. The van der Waals surface area contributed by atoms with Gasteiger partial charge in [0.1, 0.15) is 8.07 Å². The van der Waals surface area contributed by atoms with Crippen LogP contribution in [0.2, 0.25) is 6.55 Å². The maximum Gasteiger partial charge on any atom is 0.148 e. The van der Waals surface area contributed by atoms with Crippen LogP contribution in [0.15, 0.2) is 50.5 Å². The molecule has 3 aromatic rings. The first-order valence-electron chi connectivity index (χ1n) is 5.40. The van der Waals surface area contributed by atoms with Gasteiger partial charge in [-0.2, -0.15) is 34.0 Å². The first-order chi connectivity index (χ1) is 8.32. The molecule has 3 aromatic heterocycles. The number of rotatable bonds is 3. The maximum atomic E-state index is 2.46. The minimum Gasteiger partial charge on any atom is -0.153 e. The molecule has 86 valence electrons. The summed E-state index contributed by atoms with van der Waals surface area (Å²) >= 11 is 5.41. The molecule has 0 aliphatic rings. The van der Waals surface area contributed by atoms with Gasteiger partial charge in [0.25, 0.3) is 0 Å². The molecule has 0 N–H and O–H groups in total. The first-order valence-corrected chi connectivity index (χ1v) is 10.7. The Balaban J connectivity index is 2.21. The Hall–Kier alpha value is -0.683. The molecule has 4 heteroatoms. The lowest BCUT2D eigenvalue weighted by molar-refractivity contribution is 1.85. The summed E-state index contributed by atoms with van der Waals surface area (Å²) in [6.07, 6.45) is 0. The van der Waals surface area contributed by atoms with Crippen molar-refractivity contribution < 1.29 is 0 Å². The minimum absolute atomic E-state index is 1.53. The van der Waals surface area contributed by atoms with E-state index in [-0.39, 0.29) is 0 Å². The van der Waals surface area contributed by atoms with Gasteiger partial charge in [0.05, 0.1) is 0 Å². The quantitative estimate of drug-likeness (QED) is 0.651. The predicted octanol–water partition coefficient (Wildman–Crippen LogP) is 2.97. The molecule has 0 aromatic carbocycles. The largest absolute Gasteiger partial charge is 0.153 e. The van der Waals surface area contributed by atoms with Crippen LogP contribution in [-0.2, 0) is 0 Å². The monoisotopic (exact) mass is 292 g/mol. The van der Waals surface area contributed by atoms with E-state index in [0.717, 1.165) is 0 Å². The summed E-state index contributed by atoms with van der Waals surface area (Å²) in [4.78, 5) is 0. The zero-order valence-corrected chi connectivity index (χ0v) is 12.9. The molecule has 0 atom stereocenters. The maximum absolute atomic E-state index is 2.46. The van der Waals surface area contributed by atoms with E-state index in [4.69, 9.17) is 0 Å². The van der Waals surface area contributed by atoms with E-state index in [9.17, 15) is 0 Å². The van der Waals surface area contributed by atoms with Gasteiger partial charge in [0, 0.05) is 0 Å². The Morgan fingerprint density at radius 2 is 1.06 bits per heavy atom. The van der Waals surface area contributed by atoms with Crippen LogP contribution in [0.1, 0.15) is 0 Å². The number of hydrogen-bond acceptors (Lipinski definition) is 3. The fraction of sp³-hybridized carbons (Fsp3) is 0.0769. The van der Waals surface area contributed by atoms with E-state index < -0.39 is 8.07 Å². The molecular formula is C13H12S3Si. The van der Waals surface area contributed by atoms with Crippen molar-refractivity contribution in [2.24, 2.45) is 0 Å². The SMILES string of the molecule is C[Si](c1ccsc1)(c1ccsc1)c1ccsc1. The van der Waals surface area contributed by atoms with Crippen molar-refractivity contribution in [2.45, 2.75) is 6.55 Å². The second-order valence-electron chi connectivity index (χ2n) is 4.16. The van der Waals surface area contributed by atoms with Gasteiger partial charge in [0.2, 0.25) is 0 Å². The smallest absolute Gasteiger partial charge is 0.148 e. The molecule has 0 saturated heterocycles. The highest BCUT2D eigenvalue weighted by Crippen LogP contribution is 2.12. The molecule has 0 saturated carbocycles. The predicted molar refractivity (Wildman–Crippen MR) is 83.5 cm³/mol. The van der Waals surface area contributed by atoms with Crippen molar-refractivity contribution in [1.82, 2.24) is 0 Å². The van der Waals surface area contributed by atoms with E-state index in [1.807, 2.05) is 0 Å². The first kappa shape index (κ1) is 11.4. The van der Waals surface area contributed by atoms with Crippen molar-refractivity contribution in [3.8, 4) is 0 Å². The van der Waals surface area contributed by atoms with Crippen LogP contribution in [-0.4, -0.2) is 8.07 Å². The fourth-order valence-electron chi connectivity index (χ4n) is 2.15. The Morgan fingerprint density at radius 3 is 1.29 bits per heavy atom. The zero-order valence-electron chi connectivity index (χ0n) is 9.42. The van der Waals surface area contributed by atoms with E-state index in [0.29, 0.717) is 0 Å². The highest BCUT2D eigenvalue weighted by molar-refractivity contribution is 7.20. The zero-order chi connectivity index (χ0) is 11.7. The lowest BCUT2D eigenvalue weighted by Gasteiger charge is -2.25. The van der Waals surface area contributed by atoms with Gasteiger partial charge < -0.3 is 0 Å². The fourth-order valence-corrected chi connectivity index (χ4v) is 9.79. The van der Waals surface area contributed by atoms with E-state index >= 15 is 0 Å². The highest BCUT2D eigenvalue weighted by Gasteiger charge is 2.35. The van der Waals surface area contributed by atoms with Crippen LogP contribution < -0.4 is 15.6 Å². The van der Waals surface area contributed by atoms with Crippen LogP contribution in [0.25, 0.3) is 0 Å². The van der Waals surface area contributed by atoms with Crippen LogP contribution in [0.4, 0.5) is 0 Å². The molecule has 0 radical (unpaired) electrons. The number of hydrogen-bond donors (Lipinski definition) is 0. The van der Waals surface area contributed by atoms with Gasteiger partial charge in [-0.05, 0) is 47.8 Å². The molecular weight excluding hydrogens is 280 g/mol. The molecule has 0 unspecified atom stereocenters. The van der Waals surface area contributed by atoms with Crippen LogP contribution >= 0.6 is 34.0 Å². The Morgan fingerprint density at radius 1 is 0.706 bits per heavy atom. The van der Waals surface area contributed by atoms with E-state index in [1.165, 1.54) is 15.6 Å². The third kappa shape index (κ3) is 1.85. The Labute approximate surface area is 114 Å². The summed E-state index contributed by atoms with van der Waals surface area (Å²) in [5, 5.41) is 18.1. The van der Waals surface area contributed by atoms with E-state index in [2.05, 4.69) is 57.0 Å². The average Bonchev–Trinajstić information content (AvgIpc) is 3.10. The molecule has 3 rings (SSSR count). The van der Waals surface area contributed by atoms with Crippen molar-refractivity contribution in [3.05, 3.63) is 50.5 Å². The van der Waals surface area contributed by atoms with Crippen molar-refractivity contribution in [1.29, 1.82) is 0 Å². The average molecular weight is 293 g/mol. The lowest BCUT2D eigenvalue weighted by Crippen LogP contribution is -2.63. The van der Waals surface area contributed by atoms with Gasteiger partial charge in [-0.1, -0.05) is 24.7 Å². The third-order valence-electron chi connectivity index (χ3n) is 3.30. The molecule has 0 aliphatic heterocycles. The van der Waals surface area contributed by atoms with Crippen molar-refractivity contribution in [3.63, 3.8) is 0 Å². The second kappa shape index (κ2) is 4.53. The summed E-state index contributed by atoms with van der Waals surface area (Å²) < 4.78 is 0. The van der Waals surface area contributed by atoms with Gasteiger partial charge >= 0.3 is 0 Å². The topological polar surface area (TPSA) is 0 Å². The number of thiophene rings is 3. The van der Waals surface area contributed by atoms with Gasteiger partial charge in [-0.15, -0.1) is 0 Å². The van der Waals surface area contributed by atoms with E-state index in [1.54, 1.807) is 34.0 Å². The minimum atomic E-state index is -1.69. The summed E-state index contributed by atoms with van der Waals surface area (Å²) in [6.45, 7) is 2.46. The summed E-state index contributed by atoms with van der Waals surface area (Å²) in [5.41, 5.74) is 0. The molecule has 17 heavy (non-hydrogen) atoms. The third-order valence-corrected chi connectivity index (χ3v) is 10.4. The molecule has 0 amide bonds. The van der Waals surface area contributed by atoms with Crippen LogP contribution in [0.3, 0.4) is 0 Å². The van der Waals surface area contributed by atoms with Crippen LogP contribution in [0, 0.1) is 0 Å². The summed E-state index contributed by atoms with van der Waals surface area (Å²) in [6, 6.07) is 6.89. The lowest BCUT2D eigenvalue weighted by atomic mass is 10.6. The van der Waals surface area contributed by atoms with Gasteiger partial charge in [-0.25, -0.2) is 0 Å². The van der Waals surface area contributed by atoms with Crippen LogP contribution in [0.5, 0.6) is 0 Å². The molecule has 0 aliphatic carbocycles. The summed E-state index contributed by atoms with van der Waals surface area (Å²) in [5.74, 6) is 0. The molecule has 0 bridgehead atoms. The Bertz CT molecular complexity index is 480. The van der Waals surface area contributed by atoms with Crippen molar-refractivity contribution in [2.75, 3.05) is 0 Å². The molecule has 0 spiro atoms. The second-order valence-corrected chi connectivity index (χ2v) is 10.5. The van der Waals surface area contributed by atoms with Gasteiger partial charge in [0.15, 0.2) is 0 Å². The normalized spacial score (nSPS) is 11.8. The van der Waals surface area contributed by atoms with Gasteiger partial charge in [-0.3, -0.25) is 0 Å².